The fraction of sp³-hybridized carbons (Fsp3) is 0.312. The van der Waals surface area contributed by atoms with Crippen molar-refractivity contribution in [3.05, 3.63) is 47.9 Å². The summed E-state index contributed by atoms with van der Waals surface area (Å²) in [6.45, 7) is 3.26. The van der Waals surface area contributed by atoms with Crippen LogP contribution in [0.3, 0.4) is 0 Å². The minimum absolute atomic E-state index is 0.0124. The van der Waals surface area contributed by atoms with Crippen molar-refractivity contribution in [3.63, 3.8) is 0 Å². The molecule has 1 amide bonds. The maximum absolute atomic E-state index is 12.0. The standard InChI is InChI=1S/C16H18N2O3/c1-2-7-17-15-13-6-5-11(9-14(13)18-16(15)19)21-10-12-4-3-8-20-12/h3-6,8-9,15,17H,2,7,10H2,1H3,(H,18,19). The fourth-order valence-electron chi connectivity index (χ4n) is 2.37. The quantitative estimate of drug-likeness (QED) is 0.857. The van der Waals surface area contributed by atoms with Crippen molar-refractivity contribution in [2.24, 2.45) is 0 Å². The molecule has 5 nitrogen and oxygen atoms in total. The lowest BCUT2D eigenvalue weighted by Gasteiger charge is -2.11. The summed E-state index contributed by atoms with van der Waals surface area (Å²) in [5.74, 6) is 1.46. The Morgan fingerprint density at radius 3 is 3.05 bits per heavy atom. The van der Waals surface area contributed by atoms with E-state index in [0.717, 1.165) is 30.0 Å². The highest BCUT2D eigenvalue weighted by atomic mass is 16.5. The van der Waals surface area contributed by atoms with Crippen molar-refractivity contribution in [1.82, 2.24) is 5.32 Å². The lowest BCUT2D eigenvalue weighted by Crippen LogP contribution is -2.27. The summed E-state index contributed by atoms with van der Waals surface area (Å²) in [5.41, 5.74) is 1.78. The Kier molecular flexibility index (Phi) is 3.92. The molecule has 2 aromatic rings. The molecule has 0 saturated carbocycles. The van der Waals surface area contributed by atoms with Gasteiger partial charge in [0.25, 0.3) is 0 Å². The van der Waals surface area contributed by atoms with E-state index >= 15 is 0 Å². The van der Waals surface area contributed by atoms with Gasteiger partial charge in [-0.15, -0.1) is 0 Å². The number of carbonyl (C=O) groups excluding carboxylic acids is 1. The number of fused-ring (bicyclic) bond motifs is 1. The van der Waals surface area contributed by atoms with Gasteiger partial charge >= 0.3 is 0 Å². The molecule has 0 saturated heterocycles. The summed E-state index contributed by atoms with van der Waals surface area (Å²) in [6.07, 6.45) is 2.61. The molecule has 3 rings (SSSR count). The first-order valence-electron chi connectivity index (χ1n) is 7.11. The normalized spacial score (nSPS) is 16.6. The first kappa shape index (κ1) is 13.7. The molecule has 0 aliphatic carbocycles. The van der Waals surface area contributed by atoms with Gasteiger partial charge in [0.15, 0.2) is 0 Å². The van der Waals surface area contributed by atoms with Crippen molar-refractivity contribution in [2.45, 2.75) is 26.0 Å². The molecule has 1 aliphatic heterocycles. The van der Waals surface area contributed by atoms with Gasteiger partial charge in [-0.3, -0.25) is 4.79 Å². The first-order chi connectivity index (χ1) is 10.3. The van der Waals surface area contributed by atoms with Crippen LogP contribution in [0.15, 0.2) is 41.0 Å². The molecule has 0 bridgehead atoms. The van der Waals surface area contributed by atoms with Crippen LogP contribution < -0.4 is 15.4 Å². The minimum Gasteiger partial charge on any atom is -0.486 e. The van der Waals surface area contributed by atoms with Gasteiger partial charge in [-0.25, -0.2) is 0 Å². The smallest absolute Gasteiger partial charge is 0.246 e. The van der Waals surface area contributed by atoms with Gasteiger partial charge in [-0.1, -0.05) is 13.0 Å². The largest absolute Gasteiger partial charge is 0.486 e. The zero-order valence-electron chi connectivity index (χ0n) is 11.9. The Hall–Kier alpha value is -2.27. The number of amides is 1. The number of ether oxygens (including phenoxy) is 1. The number of hydrogen-bond donors (Lipinski definition) is 2. The van der Waals surface area contributed by atoms with Crippen molar-refractivity contribution in [2.75, 3.05) is 11.9 Å². The molecule has 1 unspecified atom stereocenters. The molecular formula is C16H18N2O3. The summed E-state index contributed by atoms with van der Waals surface area (Å²) in [7, 11) is 0. The number of furan rings is 1. The zero-order chi connectivity index (χ0) is 14.7. The molecule has 1 aliphatic rings. The molecular weight excluding hydrogens is 268 g/mol. The molecule has 2 N–H and O–H groups in total. The predicted molar refractivity (Wildman–Crippen MR) is 79.1 cm³/mol. The third kappa shape index (κ3) is 2.92. The van der Waals surface area contributed by atoms with E-state index in [9.17, 15) is 4.79 Å². The number of carbonyl (C=O) groups is 1. The van der Waals surface area contributed by atoms with Gasteiger partial charge in [0.1, 0.15) is 24.2 Å². The Balaban J connectivity index is 1.70. The van der Waals surface area contributed by atoms with Crippen molar-refractivity contribution >= 4 is 11.6 Å². The van der Waals surface area contributed by atoms with Crippen LogP contribution in [0.5, 0.6) is 5.75 Å². The topological polar surface area (TPSA) is 63.5 Å². The average Bonchev–Trinajstić information content (AvgIpc) is 3.10. The van der Waals surface area contributed by atoms with Gasteiger partial charge in [-0.05, 0) is 31.2 Å². The Bertz CT molecular complexity index is 622. The molecule has 2 heterocycles. The van der Waals surface area contributed by atoms with Crippen molar-refractivity contribution in [1.29, 1.82) is 0 Å². The summed E-state index contributed by atoms with van der Waals surface area (Å²) in [4.78, 5) is 12.0. The van der Waals surface area contributed by atoms with E-state index in [2.05, 4.69) is 17.6 Å². The van der Waals surface area contributed by atoms with Crippen LogP contribution in [0.2, 0.25) is 0 Å². The molecule has 5 heteroatoms. The molecule has 21 heavy (non-hydrogen) atoms. The van der Waals surface area contributed by atoms with E-state index in [-0.39, 0.29) is 11.9 Å². The van der Waals surface area contributed by atoms with Gasteiger partial charge in [0, 0.05) is 17.3 Å². The molecule has 1 atom stereocenters. The van der Waals surface area contributed by atoms with E-state index in [4.69, 9.17) is 9.15 Å². The van der Waals surface area contributed by atoms with E-state index < -0.39 is 0 Å². The average molecular weight is 286 g/mol. The maximum Gasteiger partial charge on any atom is 0.246 e. The van der Waals surface area contributed by atoms with Crippen molar-refractivity contribution < 1.29 is 13.9 Å². The molecule has 1 aromatic carbocycles. The van der Waals surface area contributed by atoms with E-state index in [1.807, 2.05) is 30.3 Å². The summed E-state index contributed by atoms with van der Waals surface area (Å²) in [5, 5.41) is 6.13. The second kappa shape index (κ2) is 6.01. The van der Waals surface area contributed by atoms with E-state index in [0.29, 0.717) is 12.4 Å². The molecule has 0 spiro atoms. The number of rotatable bonds is 6. The Labute approximate surface area is 123 Å². The predicted octanol–water partition coefficient (Wildman–Crippen LogP) is 2.85. The van der Waals surface area contributed by atoms with Gasteiger partial charge < -0.3 is 19.8 Å². The highest BCUT2D eigenvalue weighted by molar-refractivity contribution is 6.02. The summed E-state index contributed by atoms with van der Waals surface area (Å²) < 4.78 is 10.9. The van der Waals surface area contributed by atoms with Crippen LogP contribution in [-0.2, 0) is 11.4 Å². The molecule has 0 fully saturated rings. The lowest BCUT2D eigenvalue weighted by atomic mass is 10.1. The van der Waals surface area contributed by atoms with Crippen LogP contribution in [0, 0.1) is 0 Å². The third-order valence-electron chi connectivity index (χ3n) is 3.42. The molecule has 110 valence electrons. The SMILES string of the molecule is CCCNC1C(=O)Nc2cc(OCc3ccco3)ccc21. The fourth-order valence-corrected chi connectivity index (χ4v) is 2.37. The van der Waals surface area contributed by atoms with Crippen LogP contribution >= 0.6 is 0 Å². The number of benzene rings is 1. The van der Waals surface area contributed by atoms with Gasteiger partial charge in [-0.2, -0.15) is 0 Å². The zero-order valence-corrected chi connectivity index (χ0v) is 11.9. The van der Waals surface area contributed by atoms with E-state index in [1.165, 1.54) is 0 Å². The highest BCUT2D eigenvalue weighted by Crippen LogP contribution is 2.33. The van der Waals surface area contributed by atoms with Gasteiger partial charge in [0.05, 0.1) is 6.26 Å². The minimum atomic E-state index is -0.265. The highest BCUT2D eigenvalue weighted by Gasteiger charge is 2.29. The Morgan fingerprint density at radius 1 is 1.38 bits per heavy atom. The number of hydrogen-bond acceptors (Lipinski definition) is 4. The monoisotopic (exact) mass is 286 g/mol. The number of anilines is 1. The second-order valence-corrected chi connectivity index (χ2v) is 4.99. The van der Waals surface area contributed by atoms with E-state index in [1.54, 1.807) is 6.26 Å². The van der Waals surface area contributed by atoms with Crippen LogP contribution in [0.4, 0.5) is 5.69 Å². The summed E-state index contributed by atoms with van der Waals surface area (Å²) >= 11 is 0. The van der Waals surface area contributed by atoms with Gasteiger partial charge in [0.2, 0.25) is 5.91 Å². The summed E-state index contributed by atoms with van der Waals surface area (Å²) in [6, 6.07) is 9.08. The maximum atomic E-state index is 12.0. The first-order valence-corrected chi connectivity index (χ1v) is 7.11. The van der Waals surface area contributed by atoms with Crippen LogP contribution in [-0.4, -0.2) is 12.5 Å². The van der Waals surface area contributed by atoms with Crippen LogP contribution in [0.1, 0.15) is 30.7 Å². The third-order valence-corrected chi connectivity index (χ3v) is 3.42. The second-order valence-electron chi connectivity index (χ2n) is 4.99. The number of nitrogens with one attached hydrogen (secondary N) is 2. The molecule has 0 radical (unpaired) electrons. The van der Waals surface area contributed by atoms with Crippen molar-refractivity contribution in [3.8, 4) is 5.75 Å². The molecule has 1 aromatic heterocycles. The van der Waals surface area contributed by atoms with Crippen LogP contribution in [0.25, 0.3) is 0 Å². The lowest BCUT2D eigenvalue weighted by molar-refractivity contribution is -0.117. The Morgan fingerprint density at radius 2 is 2.29 bits per heavy atom.